The normalized spacial score (nSPS) is 19.6. The Bertz CT molecular complexity index is 436. The Labute approximate surface area is 93.2 Å². The van der Waals surface area contributed by atoms with Crippen molar-refractivity contribution in [3.8, 4) is 0 Å². The molecule has 1 saturated heterocycles. The SMILES string of the molecule is Cc1cc(C(=O)NC2CNC(=O)C2)c(C)o1. The standard InChI is InChI=1S/C11H14N2O3/c1-6-3-9(7(2)16-6)11(15)13-8-4-10(14)12-5-8/h3,8H,4-5H2,1-2H3,(H,12,14)(H,13,15). The van der Waals surface area contributed by atoms with Crippen LogP contribution in [0, 0.1) is 13.8 Å². The molecule has 2 N–H and O–H groups in total. The number of hydrogen-bond donors (Lipinski definition) is 2. The molecule has 0 saturated carbocycles. The molecule has 1 aromatic rings. The van der Waals surface area contributed by atoms with Crippen LogP contribution < -0.4 is 10.6 Å². The van der Waals surface area contributed by atoms with Crippen LogP contribution in [0.3, 0.4) is 0 Å². The molecular weight excluding hydrogens is 208 g/mol. The van der Waals surface area contributed by atoms with Crippen LogP contribution in [-0.4, -0.2) is 24.4 Å². The van der Waals surface area contributed by atoms with Crippen molar-refractivity contribution >= 4 is 11.8 Å². The van der Waals surface area contributed by atoms with E-state index < -0.39 is 0 Å². The molecule has 16 heavy (non-hydrogen) atoms. The molecule has 1 unspecified atom stereocenters. The Morgan fingerprint density at radius 1 is 1.56 bits per heavy atom. The van der Waals surface area contributed by atoms with Crippen LogP contribution in [0.25, 0.3) is 0 Å². The highest BCUT2D eigenvalue weighted by Gasteiger charge is 2.24. The van der Waals surface area contributed by atoms with E-state index in [1.807, 2.05) is 0 Å². The summed E-state index contributed by atoms with van der Waals surface area (Å²) in [6, 6.07) is 1.59. The molecule has 0 spiro atoms. The van der Waals surface area contributed by atoms with E-state index in [1.165, 1.54) is 0 Å². The minimum atomic E-state index is -0.184. The van der Waals surface area contributed by atoms with Gasteiger partial charge in [-0.3, -0.25) is 9.59 Å². The predicted molar refractivity (Wildman–Crippen MR) is 57.1 cm³/mol. The number of carbonyl (C=O) groups excluding carboxylic acids is 2. The minimum Gasteiger partial charge on any atom is -0.466 e. The Morgan fingerprint density at radius 3 is 2.81 bits per heavy atom. The Balaban J connectivity index is 2.03. The topological polar surface area (TPSA) is 71.3 Å². The summed E-state index contributed by atoms with van der Waals surface area (Å²) in [5, 5.41) is 5.47. The van der Waals surface area contributed by atoms with E-state index >= 15 is 0 Å². The summed E-state index contributed by atoms with van der Waals surface area (Å²) in [5.41, 5.74) is 0.539. The number of rotatable bonds is 2. The quantitative estimate of drug-likeness (QED) is 0.766. The van der Waals surface area contributed by atoms with Gasteiger partial charge in [0.15, 0.2) is 0 Å². The van der Waals surface area contributed by atoms with E-state index in [4.69, 9.17) is 4.42 Å². The summed E-state index contributed by atoms with van der Waals surface area (Å²) in [6.07, 6.45) is 0.349. The Morgan fingerprint density at radius 2 is 2.31 bits per heavy atom. The zero-order valence-electron chi connectivity index (χ0n) is 9.29. The first-order chi connectivity index (χ1) is 7.56. The first kappa shape index (κ1) is 10.7. The average molecular weight is 222 g/mol. The summed E-state index contributed by atoms with van der Waals surface area (Å²) in [7, 11) is 0. The van der Waals surface area contributed by atoms with Crippen molar-refractivity contribution in [2.75, 3.05) is 6.54 Å². The van der Waals surface area contributed by atoms with Gasteiger partial charge in [0, 0.05) is 13.0 Å². The molecule has 0 radical (unpaired) electrons. The van der Waals surface area contributed by atoms with Crippen LogP contribution in [0.1, 0.15) is 28.3 Å². The van der Waals surface area contributed by atoms with Gasteiger partial charge in [0.2, 0.25) is 5.91 Å². The third-order valence-electron chi connectivity index (χ3n) is 2.60. The van der Waals surface area contributed by atoms with Gasteiger partial charge >= 0.3 is 0 Å². The number of furan rings is 1. The minimum absolute atomic E-state index is 0.0228. The molecule has 0 bridgehead atoms. The van der Waals surface area contributed by atoms with Crippen molar-refractivity contribution < 1.29 is 14.0 Å². The number of amides is 2. The van der Waals surface area contributed by atoms with Crippen molar-refractivity contribution in [1.82, 2.24) is 10.6 Å². The first-order valence-electron chi connectivity index (χ1n) is 5.21. The van der Waals surface area contributed by atoms with E-state index in [1.54, 1.807) is 19.9 Å². The van der Waals surface area contributed by atoms with Crippen LogP contribution in [0.4, 0.5) is 0 Å². The molecule has 1 aliphatic rings. The number of carbonyl (C=O) groups is 2. The van der Waals surface area contributed by atoms with Gasteiger partial charge in [-0.25, -0.2) is 0 Å². The molecule has 1 aromatic heterocycles. The Kier molecular flexibility index (Phi) is 2.68. The monoisotopic (exact) mass is 222 g/mol. The van der Waals surface area contributed by atoms with Gasteiger partial charge in [-0.2, -0.15) is 0 Å². The van der Waals surface area contributed by atoms with Crippen molar-refractivity contribution in [3.63, 3.8) is 0 Å². The van der Waals surface area contributed by atoms with Gasteiger partial charge < -0.3 is 15.1 Å². The molecule has 1 fully saturated rings. The highest BCUT2D eigenvalue weighted by atomic mass is 16.3. The van der Waals surface area contributed by atoms with E-state index in [-0.39, 0.29) is 17.9 Å². The highest BCUT2D eigenvalue weighted by Crippen LogP contribution is 2.14. The molecular formula is C11H14N2O3. The van der Waals surface area contributed by atoms with Gasteiger partial charge in [-0.1, -0.05) is 0 Å². The van der Waals surface area contributed by atoms with Gasteiger partial charge in [0.1, 0.15) is 11.5 Å². The largest absolute Gasteiger partial charge is 0.466 e. The number of aryl methyl sites for hydroxylation is 2. The maximum Gasteiger partial charge on any atom is 0.255 e. The summed E-state index contributed by atoms with van der Waals surface area (Å²) in [6.45, 7) is 4.05. The van der Waals surface area contributed by atoms with Crippen molar-refractivity contribution in [1.29, 1.82) is 0 Å². The van der Waals surface area contributed by atoms with Gasteiger partial charge in [0.05, 0.1) is 11.6 Å². The average Bonchev–Trinajstić information content (AvgIpc) is 2.73. The van der Waals surface area contributed by atoms with Gasteiger partial charge in [0.25, 0.3) is 5.91 Å². The molecule has 2 rings (SSSR count). The van der Waals surface area contributed by atoms with Crippen LogP contribution in [-0.2, 0) is 4.79 Å². The molecule has 0 aliphatic carbocycles. The maximum atomic E-state index is 11.8. The van der Waals surface area contributed by atoms with Crippen LogP contribution >= 0.6 is 0 Å². The fraction of sp³-hybridized carbons (Fsp3) is 0.455. The smallest absolute Gasteiger partial charge is 0.255 e. The summed E-state index contributed by atoms with van der Waals surface area (Å²) in [5.74, 6) is 1.11. The highest BCUT2D eigenvalue weighted by molar-refractivity contribution is 5.96. The molecule has 5 nitrogen and oxygen atoms in total. The second kappa shape index (κ2) is 4.00. The lowest BCUT2D eigenvalue weighted by Gasteiger charge is -2.09. The molecule has 2 heterocycles. The van der Waals surface area contributed by atoms with Crippen LogP contribution in [0.5, 0.6) is 0 Å². The zero-order chi connectivity index (χ0) is 11.7. The van der Waals surface area contributed by atoms with E-state index in [9.17, 15) is 9.59 Å². The molecule has 0 aromatic carbocycles. The van der Waals surface area contributed by atoms with E-state index in [2.05, 4.69) is 10.6 Å². The first-order valence-corrected chi connectivity index (χ1v) is 5.21. The lowest BCUT2D eigenvalue weighted by molar-refractivity contribution is -0.119. The second-order valence-corrected chi connectivity index (χ2v) is 4.01. The van der Waals surface area contributed by atoms with Gasteiger partial charge in [-0.15, -0.1) is 0 Å². The maximum absolute atomic E-state index is 11.8. The van der Waals surface area contributed by atoms with Crippen LogP contribution in [0.15, 0.2) is 10.5 Å². The number of hydrogen-bond acceptors (Lipinski definition) is 3. The second-order valence-electron chi connectivity index (χ2n) is 4.01. The fourth-order valence-electron chi connectivity index (χ4n) is 1.83. The predicted octanol–water partition coefficient (Wildman–Crippen LogP) is 0.515. The third kappa shape index (κ3) is 2.08. The Hall–Kier alpha value is -1.78. The van der Waals surface area contributed by atoms with Crippen molar-refractivity contribution in [3.05, 3.63) is 23.2 Å². The molecule has 1 aliphatic heterocycles. The lowest BCUT2D eigenvalue weighted by Crippen LogP contribution is -2.36. The molecule has 5 heteroatoms. The van der Waals surface area contributed by atoms with E-state index in [0.717, 1.165) is 0 Å². The molecule has 86 valence electrons. The molecule has 1 atom stereocenters. The van der Waals surface area contributed by atoms with E-state index in [0.29, 0.717) is 30.0 Å². The van der Waals surface area contributed by atoms with Crippen molar-refractivity contribution in [2.45, 2.75) is 26.3 Å². The summed E-state index contributed by atoms with van der Waals surface area (Å²) in [4.78, 5) is 22.8. The molecule has 2 amide bonds. The zero-order valence-corrected chi connectivity index (χ0v) is 9.29. The summed E-state index contributed by atoms with van der Waals surface area (Å²) < 4.78 is 5.28. The lowest BCUT2D eigenvalue weighted by atomic mass is 10.2. The number of nitrogens with one attached hydrogen (secondary N) is 2. The van der Waals surface area contributed by atoms with Crippen molar-refractivity contribution in [2.24, 2.45) is 0 Å². The fourth-order valence-corrected chi connectivity index (χ4v) is 1.83. The van der Waals surface area contributed by atoms with Crippen LogP contribution in [0.2, 0.25) is 0 Å². The summed E-state index contributed by atoms with van der Waals surface area (Å²) >= 11 is 0. The third-order valence-corrected chi connectivity index (χ3v) is 2.60. The van der Waals surface area contributed by atoms with Gasteiger partial charge in [-0.05, 0) is 19.9 Å².